The average Bonchev–Trinajstić information content (AvgIpc) is 2.75. The van der Waals surface area contributed by atoms with Gasteiger partial charge in [0.15, 0.2) is 5.60 Å². The highest BCUT2D eigenvalue weighted by Gasteiger charge is 2.41. The van der Waals surface area contributed by atoms with Gasteiger partial charge in [0.2, 0.25) is 5.91 Å². The summed E-state index contributed by atoms with van der Waals surface area (Å²) < 4.78 is 11.6. The minimum Gasteiger partial charge on any atom is -0.476 e. The van der Waals surface area contributed by atoms with E-state index in [9.17, 15) is 14.4 Å². The number of rotatable bonds is 7. The largest absolute Gasteiger partial charge is 0.476 e. The van der Waals surface area contributed by atoms with E-state index in [1.807, 2.05) is 54.5 Å². The summed E-state index contributed by atoms with van der Waals surface area (Å²) in [6.45, 7) is 18.4. The zero-order valence-corrected chi connectivity index (χ0v) is 24.1. The fourth-order valence-corrected chi connectivity index (χ4v) is 4.59. The van der Waals surface area contributed by atoms with Crippen LogP contribution in [0.4, 0.5) is 4.79 Å². The number of ether oxygens (including phenoxy) is 2. The summed E-state index contributed by atoms with van der Waals surface area (Å²) in [5, 5.41) is 0. The van der Waals surface area contributed by atoms with Crippen molar-refractivity contribution < 1.29 is 23.9 Å². The van der Waals surface area contributed by atoms with Gasteiger partial charge in [-0.25, -0.2) is 4.79 Å². The lowest BCUT2D eigenvalue weighted by Crippen LogP contribution is -2.54. The molecule has 0 spiro atoms. The van der Waals surface area contributed by atoms with Crippen molar-refractivity contribution in [2.75, 3.05) is 26.2 Å². The molecular formula is C28H46N4O5. The minimum absolute atomic E-state index is 0.0877. The van der Waals surface area contributed by atoms with Gasteiger partial charge < -0.3 is 29.9 Å². The standard InChI is InChI=1S/C28H46N4O5/c1-19(2)17-23-22(31(16-14-29)25(34)28(8,9)36-23)12-13-24(33)32(20(3)4)21-11-10-15-30(18-21)26(35)37-27(5,6)7/h12-13,17,20-21H,10-11,14-16,18,29H2,1-9H3/b13-12+/t21-/m1/s1. The lowest BCUT2D eigenvalue weighted by atomic mass is 10.0. The molecule has 9 heteroatoms. The van der Waals surface area contributed by atoms with Crippen LogP contribution in [0, 0.1) is 0 Å². The molecule has 2 heterocycles. The van der Waals surface area contributed by atoms with Gasteiger partial charge in [0.1, 0.15) is 11.4 Å². The number of carbonyl (C=O) groups excluding carboxylic acids is 3. The molecule has 0 aromatic heterocycles. The molecule has 9 nitrogen and oxygen atoms in total. The van der Waals surface area contributed by atoms with Crippen molar-refractivity contribution >= 4 is 17.9 Å². The highest BCUT2D eigenvalue weighted by atomic mass is 16.6. The van der Waals surface area contributed by atoms with E-state index in [4.69, 9.17) is 15.2 Å². The topological polar surface area (TPSA) is 105 Å². The maximum Gasteiger partial charge on any atom is 0.410 e. The number of hydrogen-bond donors (Lipinski definition) is 1. The van der Waals surface area contributed by atoms with Crippen molar-refractivity contribution in [2.45, 2.75) is 98.4 Å². The number of carbonyl (C=O) groups is 3. The van der Waals surface area contributed by atoms with Crippen LogP contribution in [0.3, 0.4) is 0 Å². The molecule has 0 saturated carbocycles. The molecule has 1 saturated heterocycles. The summed E-state index contributed by atoms with van der Waals surface area (Å²) in [5.74, 6) is 0.115. The van der Waals surface area contributed by atoms with Crippen LogP contribution in [0.2, 0.25) is 0 Å². The molecular weight excluding hydrogens is 472 g/mol. The van der Waals surface area contributed by atoms with Gasteiger partial charge in [-0.1, -0.05) is 5.57 Å². The first kappa shape index (κ1) is 30.4. The number of allylic oxidation sites excluding steroid dienone is 3. The Morgan fingerprint density at radius 1 is 1.27 bits per heavy atom. The Hall–Kier alpha value is -2.81. The molecule has 0 aromatic rings. The maximum absolute atomic E-state index is 13.5. The van der Waals surface area contributed by atoms with Crippen molar-refractivity contribution in [2.24, 2.45) is 5.73 Å². The van der Waals surface area contributed by atoms with Crippen LogP contribution in [-0.4, -0.2) is 82.1 Å². The van der Waals surface area contributed by atoms with Gasteiger partial charge >= 0.3 is 6.09 Å². The van der Waals surface area contributed by atoms with E-state index in [-0.39, 0.29) is 36.5 Å². The third kappa shape index (κ3) is 8.09. The molecule has 0 aliphatic carbocycles. The van der Waals surface area contributed by atoms with Crippen molar-refractivity contribution in [3.8, 4) is 0 Å². The molecule has 1 atom stereocenters. The first-order chi connectivity index (χ1) is 17.1. The molecule has 37 heavy (non-hydrogen) atoms. The Kier molecular flexibility index (Phi) is 9.99. The van der Waals surface area contributed by atoms with Gasteiger partial charge in [0, 0.05) is 38.3 Å². The van der Waals surface area contributed by atoms with Crippen LogP contribution in [0.25, 0.3) is 0 Å². The van der Waals surface area contributed by atoms with Crippen LogP contribution >= 0.6 is 0 Å². The van der Waals surface area contributed by atoms with E-state index in [1.54, 1.807) is 34.6 Å². The Morgan fingerprint density at radius 3 is 2.46 bits per heavy atom. The third-order valence-electron chi connectivity index (χ3n) is 6.08. The van der Waals surface area contributed by atoms with Gasteiger partial charge in [0.05, 0.1) is 11.7 Å². The normalized spacial score (nSPS) is 20.3. The second kappa shape index (κ2) is 12.2. The molecule has 3 amide bonds. The monoisotopic (exact) mass is 518 g/mol. The first-order valence-corrected chi connectivity index (χ1v) is 13.2. The van der Waals surface area contributed by atoms with Crippen LogP contribution in [0.1, 0.15) is 75.2 Å². The smallest absolute Gasteiger partial charge is 0.410 e. The third-order valence-corrected chi connectivity index (χ3v) is 6.08. The summed E-state index contributed by atoms with van der Waals surface area (Å²) in [5.41, 5.74) is 5.70. The van der Waals surface area contributed by atoms with Crippen LogP contribution in [-0.2, 0) is 19.1 Å². The zero-order chi connectivity index (χ0) is 28.1. The van der Waals surface area contributed by atoms with Crippen LogP contribution < -0.4 is 5.73 Å². The predicted molar refractivity (Wildman–Crippen MR) is 144 cm³/mol. The van der Waals surface area contributed by atoms with Crippen molar-refractivity contribution in [3.05, 3.63) is 35.3 Å². The number of hydrogen-bond acceptors (Lipinski definition) is 6. The van der Waals surface area contributed by atoms with Gasteiger partial charge in [-0.2, -0.15) is 0 Å². The summed E-state index contributed by atoms with van der Waals surface area (Å²) >= 11 is 0. The Bertz CT molecular complexity index is 954. The number of likely N-dealkylation sites (tertiary alicyclic amines) is 1. The van der Waals surface area contributed by atoms with E-state index < -0.39 is 11.2 Å². The van der Waals surface area contributed by atoms with E-state index in [2.05, 4.69) is 0 Å². The van der Waals surface area contributed by atoms with Crippen molar-refractivity contribution in [1.29, 1.82) is 0 Å². The molecule has 0 bridgehead atoms. The lowest BCUT2D eigenvalue weighted by molar-refractivity contribution is -0.151. The molecule has 208 valence electrons. The lowest BCUT2D eigenvalue weighted by Gasteiger charge is -2.41. The molecule has 2 rings (SSSR count). The second-order valence-corrected chi connectivity index (χ2v) is 11.7. The highest BCUT2D eigenvalue weighted by molar-refractivity contribution is 5.91. The van der Waals surface area contributed by atoms with Gasteiger partial charge in [0.25, 0.3) is 5.91 Å². The Morgan fingerprint density at radius 2 is 1.92 bits per heavy atom. The number of nitrogens with two attached hydrogens (primary N) is 1. The zero-order valence-electron chi connectivity index (χ0n) is 24.1. The predicted octanol–water partition coefficient (Wildman–Crippen LogP) is 3.95. The maximum atomic E-state index is 13.5. The van der Waals surface area contributed by atoms with E-state index in [0.29, 0.717) is 31.1 Å². The molecule has 0 aromatic carbocycles. The van der Waals surface area contributed by atoms with Crippen LogP contribution in [0.15, 0.2) is 35.3 Å². The Labute approximate surface area is 222 Å². The summed E-state index contributed by atoms with van der Waals surface area (Å²) in [7, 11) is 0. The number of amides is 3. The molecule has 0 unspecified atom stereocenters. The van der Waals surface area contributed by atoms with E-state index in [1.165, 1.54) is 6.08 Å². The number of nitrogens with zero attached hydrogens (tertiary/aromatic N) is 3. The molecule has 2 N–H and O–H groups in total. The summed E-state index contributed by atoms with van der Waals surface area (Å²) in [6, 6.07) is -0.233. The van der Waals surface area contributed by atoms with E-state index in [0.717, 1.165) is 18.4 Å². The fraction of sp³-hybridized carbons (Fsp3) is 0.679. The fourth-order valence-electron chi connectivity index (χ4n) is 4.59. The molecule has 1 fully saturated rings. The Balaban J connectivity index is 2.36. The van der Waals surface area contributed by atoms with Gasteiger partial charge in [-0.15, -0.1) is 0 Å². The number of piperidine rings is 1. The molecule has 0 radical (unpaired) electrons. The average molecular weight is 519 g/mol. The summed E-state index contributed by atoms with van der Waals surface area (Å²) in [4.78, 5) is 44.4. The summed E-state index contributed by atoms with van der Waals surface area (Å²) in [6.07, 6.45) is 6.20. The second-order valence-electron chi connectivity index (χ2n) is 11.7. The quantitative estimate of drug-likeness (QED) is 0.512. The van der Waals surface area contributed by atoms with E-state index >= 15 is 0 Å². The van der Waals surface area contributed by atoms with Crippen molar-refractivity contribution in [1.82, 2.24) is 14.7 Å². The molecule has 2 aliphatic rings. The van der Waals surface area contributed by atoms with Gasteiger partial charge in [-0.3, -0.25) is 9.59 Å². The molecule has 2 aliphatic heterocycles. The van der Waals surface area contributed by atoms with Gasteiger partial charge in [-0.05, 0) is 87.3 Å². The van der Waals surface area contributed by atoms with Crippen LogP contribution in [0.5, 0.6) is 0 Å². The SMILES string of the molecule is CC(C)=CC1=C(/C=C/C(=O)N(C(C)C)[C@@H]2CCCN(C(=O)OC(C)(C)C)C2)N(CCN)C(=O)C(C)(C)O1. The highest BCUT2D eigenvalue weighted by Crippen LogP contribution is 2.31. The van der Waals surface area contributed by atoms with Crippen molar-refractivity contribution in [3.63, 3.8) is 0 Å². The minimum atomic E-state index is -1.05. The first-order valence-electron chi connectivity index (χ1n) is 13.2.